The van der Waals surface area contributed by atoms with E-state index in [0.29, 0.717) is 0 Å². The van der Waals surface area contributed by atoms with Crippen molar-refractivity contribution in [1.82, 2.24) is 10.2 Å². The molecule has 11 heavy (non-hydrogen) atoms. The first kappa shape index (κ1) is 8.71. The van der Waals surface area contributed by atoms with E-state index >= 15 is 0 Å². The van der Waals surface area contributed by atoms with E-state index in [9.17, 15) is 4.79 Å². The number of hydrogen-bond acceptors (Lipinski definition) is 2. The van der Waals surface area contributed by atoms with Crippen molar-refractivity contribution >= 4 is 40.2 Å². The van der Waals surface area contributed by atoms with Crippen LogP contribution in [0.2, 0.25) is 0 Å². The Labute approximate surface area is 78.2 Å². The number of carbonyl (C=O) groups is 1. The zero-order chi connectivity index (χ0) is 8.43. The number of nitrogens with zero attached hydrogens (tertiary/aromatic N) is 1. The number of nitrogens with one attached hydrogen (secondary N) is 1. The quantitative estimate of drug-likeness (QED) is 0.495. The van der Waals surface area contributed by atoms with E-state index in [1.807, 2.05) is 0 Å². The molecular formula is C5H3Cl3N2O. The topological polar surface area (TPSA) is 32.3 Å². The second-order valence-corrected chi connectivity index (χ2v) is 2.83. The Morgan fingerprint density at radius 1 is 1.55 bits per heavy atom. The zero-order valence-corrected chi connectivity index (χ0v) is 7.41. The second kappa shape index (κ2) is 3.34. The molecule has 0 aromatic heterocycles. The van der Waals surface area contributed by atoms with Crippen LogP contribution in [-0.2, 0) is 0 Å². The molecular weight excluding hydrogens is 210 g/mol. The van der Waals surface area contributed by atoms with Gasteiger partial charge in [-0.25, -0.2) is 0 Å². The second-order valence-electron chi connectivity index (χ2n) is 1.71. The van der Waals surface area contributed by atoms with Gasteiger partial charge in [-0.15, -0.1) is 0 Å². The van der Waals surface area contributed by atoms with E-state index in [1.165, 1.54) is 12.4 Å². The fourth-order valence-corrected chi connectivity index (χ4v) is 1.06. The Kier molecular flexibility index (Phi) is 2.65. The van der Waals surface area contributed by atoms with Gasteiger partial charge in [0.2, 0.25) is 0 Å². The summed E-state index contributed by atoms with van der Waals surface area (Å²) in [7, 11) is 0. The summed E-state index contributed by atoms with van der Waals surface area (Å²) in [5.41, 5.74) is 0. The molecule has 1 aliphatic heterocycles. The summed E-state index contributed by atoms with van der Waals surface area (Å²) in [6.07, 6.45) is 2.66. The van der Waals surface area contributed by atoms with Crippen molar-refractivity contribution in [2.24, 2.45) is 0 Å². The van der Waals surface area contributed by atoms with Gasteiger partial charge in [0, 0.05) is 12.4 Å². The van der Waals surface area contributed by atoms with Crippen LogP contribution in [0, 0.1) is 0 Å². The van der Waals surface area contributed by atoms with Crippen molar-refractivity contribution < 1.29 is 4.79 Å². The molecule has 1 N–H and O–H groups in total. The SMILES string of the molecule is O=C(Cl)N1C=C(Cl)NC=C1Cl. The van der Waals surface area contributed by atoms with Gasteiger partial charge < -0.3 is 5.32 Å². The van der Waals surface area contributed by atoms with E-state index in [1.54, 1.807) is 0 Å². The Hall–Kier alpha value is -0.380. The fraction of sp³-hybridized carbons (Fsp3) is 0. The monoisotopic (exact) mass is 212 g/mol. The number of halogens is 3. The van der Waals surface area contributed by atoms with Crippen molar-refractivity contribution in [2.45, 2.75) is 0 Å². The molecule has 1 rings (SSSR count). The summed E-state index contributed by atoms with van der Waals surface area (Å²) >= 11 is 16.2. The largest absolute Gasteiger partial charge is 0.348 e. The van der Waals surface area contributed by atoms with Crippen molar-refractivity contribution in [1.29, 1.82) is 0 Å². The molecule has 0 fully saturated rings. The maximum atomic E-state index is 10.6. The minimum atomic E-state index is -0.703. The maximum absolute atomic E-state index is 10.6. The predicted octanol–water partition coefficient (Wildman–Crippen LogP) is 2.33. The average Bonchev–Trinajstić information content (AvgIpc) is 1.94. The Balaban J connectivity index is 2.84. The highest BCUT2D eigenvalue weighted by Gasteiger charge is 2.15. The first-order valence-corrected chi connectivity index (χ1v) is 3.73. The van der Waals surface area contributed by atoms with E-state index in [-0.39, 0.29) is 10.3 Å². The van der Waals surface area contributed by atoms with Gasteiger partial charge >= 0.3 is 5.37 Å². The van der Waals surface area contributed by atoms with Gasteiger partial charge in [0.25, 0.3) is 0 Å². The third-order valence-electron chi connectivity index (χ3n) is 0.991. The maximum Gasteiger partial charge on any atom is 0.325 e. The van der Waals surface area contributed by atoms with Crippen LogP contribution < -0.4 is 5.32 Å². The van der Waals surface area contributed by atoms with Crippen molar-refractivity contribution in [2.75, 3.05) is 0 Å². The van der Waals surface area contributed by atoms with Gasteiger partial charge in [-0.3, -0.25) is 9.69 Å². The molecule has 0 aromatic carbocycles. The zero-order valence-electron chi connectivity index (χ0n) is 5.14. The number of amides is 1. The van der Waals surface area contributed by atoms with E-state index in [0.717, 1.165) is 4.90 Å². The minimum Gasteiger partial charge on any atom is -0.348 e. The Morgan fingerprint density at radius 2 is 2.18 bits per heavy atom. The molecule has 6 heteroatoms. The van der Waals surface area contributed by atoms with Gasteiger partial charge in [-0.2, -0.15) is 0 Å². The first-order chi connectivity index (χ1) is 5.11. The molecule has 1 heterocycles. The third-order valence-corrected chi connectivity index (χ3v) is 1.67. The number of rotatable bonds is 0. The molecule has 1 aliphatic rings. The normalized spacial score (nSPS) is 16.8. The predicted molar refractivity (Wildman–Crippen MR) is 44.1 cm³/mol. The number of carbonyl (C=O) groups excluding carboxylic acids is 1. The van der Waals surface area contributed by atoms with Crippen molar-refractivity contribution in [3.63, 3.8) is 0 Å². The molecule has 0 aliphatic carbocycles. The van der Waals surface area contributed by atoms with Gasteiger partial charge in [-0.05, 0) is 11.6 Å². The van der Waals surface area contributed by atoms with Crippen LogP contribution in [0.25, 0.3) is 0 Å². The molecule has 0 atom stereocenters. The lowest BCUT2D eigenvalue weighted by molar-refractivity contribution is 0.246. The van der Waals surface area contributed by atoms with Crippen LogP contribution in [0.4, 0.5) is 4.79 Å². The van der Waals surface area contributed by atoms with Crippen LogP contribution in [-0.4, -0.2) is 10.3 Å². The van der Waals surface area contributed by atoms with Crippen molar-refractivity contribution in [3.05, 3.63) is 22.7 Å². The van der Waals surface area contributed by atoms with Crippen LogP contribution in [0.15, 0.2) is 22.7 Å². The van der Waals surface area contributed by atoms with Crippen LogP contribution in [0.3, 0.4) is 0 Å². The highest BCUT2D eigenvalue weighted by Crippen LogP contribution is 2.18. The summed E-state index contributed by atoms with van der Waals surface area (Å²) in [5, 5.41) is 2.35. The van der Waals surface area contributed by atoms with Crippen LogP contribution in [0.5, 0.6) is 0 Å². The summed E-state index contributed by atoms with van der Waals surface area (Å²) in [6.45, 7) is 0. The first-order valence-electron chi connectivity index (χ1n) is 2.59. The highest BCUT2D eigenvalue weighted by molar-refractivity contribution is 6.63. The van der Waals surface area contributed by atoms with E-state index < -0.39 is 5.37 Å². The molecule has 0 bridgehead atoms. The average molecular weight is 213 g/mol. The lowest BCUT2D eigenvalue weighted by Gasteiger charge is -2.18. The minimum absolute atomic E-state index is 0.175. The summed E-state index contributed by atoms with van der Waals surface area (Å²) in [6, 6.07) is 0. The van der Waals surface area contributed by atoms with E-state index in [2.05, 4.69) is 5.32 Å². The summed E-state index contributed by atoms with van der Waals surface area (Å²) in [4.78, 5) is 11.6. The fourth-order valence-electron chi connectivity index (χ4n) is 0.545. The smallest absolute Gasteiger partial charge is 0.325 e. The lowest BCUT2D eigenvalue weighted by Crippen LogP contribution is -2.23. The highest BCUT2D eigenvalue weighted by atomic mass is 35.5. The molecule has 0 unspecified atom stereocenters. The lowest BCUT2D eigenvalue weighted by atomic mass is 10.6. The molecule has 60 valence electrons. The van der Waals surface area contributed by atoms with Crippen LogP contribution >= 0.6 is 34.8 Å². The van der Waals surface area contributed by atoms with Gasteiger partial charge in [-0.1, -0.05) is 23.2 Å². The van der Waals surface area contributed by atoms with Crippen LogP contribution in [0.1, 0.15) is 0 Å². The molecule has 0 spiro atoms. The molecule has 0 saturated carbocycles. The number of hydrogen-bond donors (Lipinski definition) is 1. The van der Waals surface area contributed by atoms with Gasteiger partial charge in [0.1, 0.15) is 10.3 Å². The summed E-state index contributed by atoms with van der Waals surface area (Å²) in [5.74, 6) is 0. The summed E-state index contributed by atoms with van der Waals surface area (Å²) < 4.78 is 0. The Morgan fingerprint density at radius 3 is 2.64 bits per heavy atom. The molecule has 1 amide bonds. The molecule has 3 nitrogen and oxygen atoms in total. The van der Waals surface area contributed by atoms with Gasteiger partial charge in [0.05, 0.1) is 0 Å². The molecule has 0 saturated heterocycles. The Bertz CT molecular complexity index is 248. The van der Waals surface area contributed by atoms with E-state index in [4.69, 9.17) is 34.8 Å². The van der Waals surface area contributed by atoms with Crippen molar-refractivity contribution in [3.8, 4) is 0 Å². The molecule has 0 aromatic rings. The standard InChI is InChI=1S/C5H3Cl3N2O/c6-3-2-10(5(8)11)4(7)1-9-3/h1-2,9H. The third kappa shape index (κ3) is 2.02. The van der Waals surface area contributed by atoms with Gasteiger partial charge in [0.15, 0.2) is 0 Å². The molecule has 0 radical (unpaired) electrons.